The highest BCUT2D eigenvalue weighted by Gasteiger charge is 2.30. The van der Waals surface area contributed by atoms with Crippen molar-refractivity contribution in [2.75, 3.05) is 18.5 Å². The van der Waals surface area contributed by atoms with Gasteiger partial charge in [-0.05, 0) is 44.5 Å². The van der Waals surface area contributed by atoms with E-state index in [0.717, 1.165) is 24.3 Å². The molecule has 0 aromatic heterocycles. The second-order valence-electron chi connectivity index (χ2n) is 5.06. The van der Waals surface area contributed by atoms with Gasteiger partial charge in [0.15, 0.2) is 0 Å². The second-order valence-corrected chi connectivity index (χ2v) is 5.06. The molecule has 0 saturated carbocycles. The standard InChI is InChI=1S/C15H19F3N2O3/c1-10(2)23-9-3-8-19-13(21)14(22)20-12-6-4-11(5-7-12)15(16,17)18/h4-7,10H,3,8-9H2,1-2H3,(H,19,21)(H,20,22). The van der Waals surface area contributed by atoms with Crippen LogP contribution in [0.25, 0.3) is 0 Å². The SMILES string of the molecule is CC(C)OCCCNC(=O)C(=O)Nc1ccc(C(F)(F)F)cc1. The van der Waals surface area contributed by atoms with Crippen LogP contribution in [0.3, 0.4) is 0 Å². The summed E-state index contributed by atoms with van der Waals surface area (Å²) in [4.78, 5) is 23.1. The van der Waals surface area contributed by atoms with E-state index < -0.39 is 23.6 Å². The van der Waals surface area contributed by atoms with Crippen molar-refractivity contribution in [3.63, 3.8) is 0 Å². The van der Waals surface area contributed by atoms with Gasteiger partial charge in [-0.3, -0.25) is 9.59 Å². The number of ether oxygens (including phenoxy) is 1. The van der Waals surface area contributed by atoms with Crippen LogP contribution in [0, 0.1) is 0 Å². The maximum absolute atomic E-state index is 12.4. The van der Waals surface area contributed by atoms with Crippen molar-refractivity contribution in [1.82, 2.24) is 5.32 Å². The molecule has 0 bridgehead atoms. The lowest BCUT2D eigenvalue weighted by Crippen LogP contribution is -2.36. The van der Waals surface area contributed by atoms with Crippen molar-refractivity contribution < 1.29 is 27.5 Å². The number of hydrogen-bond donors (Lipinski definition) is 2. The fourth-order valence-corrected chi connectivity index (χ4v) is 1.60. The summed E-state index contributed by atoms with van der Waals surface area (Å²) in [6.07, 6.45) is -3.80. The van der Waals surface area contributed by atoms with Crippen molar-refractivity contribution in [3.05, 3.63) is 29.8 Å². The minimum Gasteiger partial charge on any atom is -0.379 e. The fraction of sp³-hybridized carbons (Fsp3) is 0.467. The largest absolute Gasteiger partial charge is 0.416 e. The molecule has 0 radical (unpaired) electrons. The third-order valence-electron chi connectivity index (χ3n) is 2.73. The van der Waals surface area contributed by atoms with Crippen LogP contribution in [0.1, 0.15) is 25.8 Å². The van der Waals surface area contributed by atoms with Crippen molar-refractivity contribution >= 4 is 17.5 Å². The summed E-state index contributed by atoms with van der Waals surface area (Å²) in [6, 6.07) is 3.84. The minimum absolute atomic E-state index is 0.0914. The van der Waals surface area contributed by atoms with Crippen LogP contribution >= 0.6 is 0 Å². The monoisotopic (exact) mass is 332 g/mol. The van der Waals surface area contributed by atoms with Gasteiger partial charge in [0.2, 0.25) is 0 Å². The highest BCUT2D eigenvalue weighted by molar-refractivity contribution is 6.39. The first-order chi connectivity index (χ1) is 10.7. The molecule has 0 aliphatic carbocycles. The van der Waals surface area contributed by atoms with E-state index in [4.69, 9.17) is 4.74 Å². The van der Waals surface area contributed by atoms with Gasteiger partial charge in [0.1, 0.15) is 0 Å². The number of carbonyl (C=O) groups is 2. The van der Waals surface area contributed by atoms with Crippen LogP contribution in [0.4, 0.5) is 18.9 Å². The van der Waals surface area contributed by atoms with E-state index in [2.05, 4.69) is 10.6 Å². The normalized spacial score (nSPS) is 11.4. The minimum atomic E-state index is -4.45. The summed E-state index contributed by atoms with van der Waals surface area (Å²) in [6.45, 7) is 4.50. The van der Waals surface area contributed by atoms with Crippen molar-refractivity contribution in [1.29, 1.82) is 0 Å². The summed E-state index contributed by atoms with van der Waals surface area (Å²) < 4.78 is 42.5. The summed E-state index contributed by atoms with van der Waals surface area (Å²) in [7, 11) is 0. The molecular formula is C15H19F3N2O3. The number of hydrogen-bond acceptors (Lipinski definition) is 3. The maximum Gasteiger partial charge on any atom is 0.416 e. The van der Waals surface area contributed by atoms with E-state index in [9.17, 15) is 22.8 Å². The van der Waals surface area contributed by atoms with Crippen molar-refractivity contribution in [3.8, 4) is 0 Å². The Morgan fingerprint density at radius 3 is 2.26 bits per heavy atom. The van der Waals surface area contributed by atoms with E-state index in [1.54, 1.807) is 0 Å². The highest BCUT2D eigenvalue weighted by atomic mass is 19.4. The molecule has 0 aliphatic heterocycles. The molecule has 0 fully saturated rings. The molecule has 0 atom stereocenters. The van der Waals surface area contributed by atoms with Gasteiger partial charge in [-0.2, -0.15) is 13.2 Å². The lowest BCUT2D eigenvalue weighted by Gasteiger charge is -2.10. The quantitative estimate of drug-likeness (QED) is 0.621. The summed E-state index contributed by atoms with van der Waals surface area (Å²) >= 11 is 0. The fourth-order valence-electron chi connectivity index (χ4n) is 1.60. The molecule has 8 heteroatoms. The zero-order valence-electron chi connectivity index (χ0n) is 12.9. The number of carbonyl (C=O) groups excluding carboxylic acids is 2. The molecule has 0 unspecified atom stereocenters. The average molecular weight is 332 g/mol. The smallest absolute Gasteiger partial charge is 0.379 e. The number of nitrogens with one attached hydrogen (secondary N) is 2. The number of amides is 2. The predicted molar refractivity (Wildman–Crippen MR) is 78.8 cm³/mol. The number of rotatable bonds is 6. The lowest BCUT2D eigenvalue weighted by atomic mass is 10.2. The van der Waals surface area contributed by atoms with E-state index in [1.165, 1.54) is 0 Å². The third kappa shape index (κ3) is 7.14. The molecule has 2 N–H and O–H groups in total. The van der Waals surface area contributed by atoms with Crippen molar-refractivity contribution in [2.24, 2.45) is 0 Å². The van der Waals surface area contributed by atoms with Crippen LogP contribution in [0.5, 0.6) is 0 Å². The number of benzene rings is 1. The first-order valence-electron chi connectivity index (χ1n) is 7.08. The Labute approximate surface area is 132 Å². The average Bonchev–Trinajstić information content (AvgIpc) is 2.46. The Hall–Kier alpha value is -2.09. The first kappa shape index (κ1) is 19.0. The van der Waals surface area contributed by atoms with E-state index in [1.807, 2.05) is 13.8 Å². The Morgan fingerprint density at radius 2 is 1.74 bits per heavy atom. The topological polar surface area (TPSA) is 67.4 Å². The third-order valence-corrected chi connectivity index (χ3v) is 2.73. The molecule has 0 spiro atoms. The lowest BCUT2D eigenvalue weighted by molar-refractivity contribution is -0.137. The zero-order chi connectivity index (χ0) is 17.5. The van der Waals surface area contributed by atoms with Gasteiger partial charge in [0.05, 0.1) is 11.7 Å². The van der Waals surface area contributed by atoms with Crippen LogP contribution in [-0.4, -0.2) is 31.1 Å². The molecular weight excluding hydrogens is 313 g/mol. The van der Waals surface area contributed by atoms with Crippen molar-refractivity contribution in [2.45, 2.75) is 32.5 Å². The molecule has 0 aliphatic rings. The van der Waals surface area contributed by atoms with Gasteiger partial charge in [0.25, 0.3) is 0 Å². The van der Waals surface area contributed by atoms with E-state index >= 15 is 0 Å². The molecule has 1 aromatic rings. The van der Waals surface area contributed by atoms with Crippen LogP contribution in [-0.2, 0) is 20.5 Å². The molecule has 0 saturated heterocycles. The predicted octanol–water partition coefficient (Wildman–Crippen LogP) is 2.58. The number of halogens is 3. The molecule has 1 aromatic carbocycles. The van der Waals surface area contributed by atoms with E-state index in [0.29, 0.717) is 13.0 Å². The van der Waals surface area contributed by atoms with Gasteiger partial charge in [0, 0.05) is 18.8 Å². The first-order valence-corrected chi connectivity index (χ1v) is 7.08. The summed E-state index contributed by atoms with van der Waals surface area (Å²) in [5.41, 5.74) is -0.716. The van der Waals surface area contributed by atoms with E-state index in [-0.39, 0.29) is 18.3 Å². The Kier molecular flexibility index (Phi) is 7.02. The Bertz CT molecular complexity index is 528. The maximum atomic E-state index is 12.4. The van der Waals surface area contributed by atoms with Gasteiger partial charge in [-0.25, -0.2) is 0 Å². The van der Waals surface area contributed by atoms with Gasteiger partial charge >= 0.3 is 18.0 Å². The summed E-state index contributed by atoms with van der Waals surface area (Å²) in [5, 5.41) is 4.63. The molecule has 1 rings (SSSR count). The number of alkyl halides is 3. The zero-order valence-corrected chi connectivity index (χ0v) is 12.9. The summed E-state index contributed by atoms with van der Waals surface area (Å²) in [5.74, 6) is -1.79. The number of anilines is 1. The second kappa shape index (κ2) is 8.52. The van der Waals surface area contributed by atoms with Crippen LogP contribution < -0.4 is 10.6 Å². The molecule has 2 amide bonds. The molecule has 0 heterocycles. The van der Waals surface area contributed by atoms with Gasteiger partial charge in [-0.15, -0.1) is 0 Å². The Balaban J connectivity index is 2.39. The Morgan fingerprint density at radius 1 is 1.13 bits per heavy atom. The molecule has 23 heavy (non-hydrogen) atoms. The molecule has 5 nitrogen and oxygen atoms in total. The van der Waals surface area contributed by atoms with Crippen LogP contribution in [0.15, 0.2) is 24.3 Å². The van der Waals surface area contributed by atoms with Gasteiger partial charge < -0.3 is 15.4 Å². The molecule has 128 valence electrons. The highest BCUT2D eigenvalue weighted by Crippen LogP contribution is 2.29. The van der Waals surface area contributed by atoms with Crippen LogP contribution in [0.2, 0.25) is 0 Å². The van der Waals surface area contributed by atoms with Gasteiger partial charge in [-0.1, -0.05) is 0 Å².